The summed E-state index contributed by atoms with van der Waals surface area (Å²) in [4.78, 5) is 45.8. The number of methoxy groups -OCH3 is 1. The molecule has 3 fully saturated rings. The minimum atomic E-state index is -0.612. The van der Waals surface area contributed by atoms with Gasteiger partial charge in [-0.1, -0.05) is 11.8 Å². The molecular formula is C24H37N5O6S. The van der Waals surface area contributed by atoms with Crippen LogP contribution in [-0.2, 0) is 23.8 Å². The lowest BCUT2D eigenvalue weighted by Gasteiger charge is -2.46. The zero-order valence-electron chi connectivity index (χ0n) is 21.3. The fourth-order valence-corrected chi connectivity index (χ4v) is 7.12. The van der Waals surface area contributed by atoms with Gasteiger partial charge in [0.1, 0.15) is 18.4 Å². The van der Waals surface area contributed by atoms with Crippen LogP contribution in [0.4, 0.5) is 4.79 Å². The van der Waals surface area contributed by atoms with E-state index in [1.54, 1.807) is 29.9 Å². The summed E-state index contributed by atoms with van der Waals surface area (Å²) in [6.07, 6.45) is 5.33. The fraction of sp³-hybridized carbons (Fsp3) is 0.792. The average Bonchev–Trinajstić information content (AvgIpc) is 3.53. The molecule has 200 valence electrons. The molecule has 4 unspecified atom stereocenters. The third-order valence-electron chi connectivity index (χ3n) is 7.63. The Morgan fingerprint density at radius 3 is 2.44 bits per heavy atom. The molecule has 11 nitrogen and oxygen atoms in total. The van der Waals surface area contributed by atoms with Crippen LogP contribution in [0.1, 0.15) is 46.0 Å². The Morgan fingerprint density at radius 2 is 1.78 bits per heavy atom. The van der Waals surface area contributed by atoms with Gasteiger partial charge < -0.3 is 14.2 Å². The number of piperidine rings is 1. The Bertz CT molecular complexity index is 902. The Morgan fingerprint density at radius 1 is 1.03 bits per heavy atom. The summed E-state index contributed by atoms with van der Waals surface area (Å²) in [5.74, 6) is 0.527. The minimum Gasteiger partial charge on any atom is -0.465 e. The third kappa shape index (κ3) is 6.13. The molecule has 1 N–H and O–H groups in total. The molecule has 12 heteroatoms. The zero-order chi connectivity index (χ0) is 25.7. The maximum Gasteiger partial charge on any atom is 0.410 e. The number of fused-ring (bicyclic) bond motifs is 1. The summed E-state index contributed by atoms with van der Waals surface area (Å²) < 4.78 is 15.6. The van der Waals surface area contributed by atoms with Gasteiger partial charge in [-0.05, 0) is 63.7 Å². The van der Waals surface area contributed by atoms with Crippen molar-refractivity contribution < 1.29 is 28.6 Å². The van der Waals surface area contributed by atoms with Crippen molar-refractivity contribution in [1.29, 1.82) is 0 Å². The number of aromatic nitrogens is 3. The van der Waals surface area contributed by atoms with E-state index in [1.165, 1.54) is 7.11 Å². The quantitative estimate of drug-likeness (QED) is 0.401. The smallest absolute Gasteiger partial charge is 0.410 e. The van der Waals surface area contributed by atoms with Crippen LogP contribution in [0, 0.1) is 17.8 Å². The number of rotatable bonds is 8. The lowest BCUT2D eigenvalue weighted by Crippen LogP contribution is -2.55. The van der Waals surface area contributed by atoms with Crippen molar-refractivity contribution in [2.75, 3.05) is 40.0 Å². The van der Waals surface area contributed by atoms with Crippen molar-refractivity contribution in [1.82, 2.24) is 25.0 Å². The van der Waals surface area contributed by atoms with E-state index in [2.05, 4.69) is 20.1 Å². The van der Waals surface area contributed by atoms with Gasteiger partial charge in [-0.3, -0.25) is 19.7 Å². The standard InChI is InChI=1S/C24H37N5O6S/c1-4-34-21(30)19-10-18(36-23-25-14-26-27-23)13-28(19)11-15-6-7-16-12-29(24(32)33-3)20(9-17(16)8-15)22(31)35-5-2/h14-20H,4-13H2,1-3H3,(H,25,26,27)/t15?,16?,17?,18-,19+,20?/m1/s1. The molecule has 0 aromatic carbocycles. The lowest BCUT2D eigenvalue weighted by atomic mass is 9.69. The van der Waals surface area contributed by atoms with Gasteiger partial charge in [0.05, 0.1) is 20.3 Å². The molecule has 0 bridgehead atoms. The summed E-state index contributed by atoms with van der Waals surface area (Å²) in [6.45, 7) is 6.33. The molecule has 36 heavy (non-hydrogen) atoms. The van der Waals surface area contributed by atoms with Crippen LogP contribution in [0.3, 0.4) is 0 Å². The van der Waals surface area contributed by atoms with Crippen molar-refractivity contribution in [3.8, 4) is 0 Å². The SMILES string of the molecule is CCOC(=O)C1CC2CC(CN3C[C@H](Sc4nc[nH]n4)C[C@H]3C(=O)OCC)CCC2CN1C(=O)OC. The number of esters is 2. The van der Waals surface area contributed by atoms with E-state index in [0.717, 1.165) is 32.4 Å². The second-order valence-corrected chi connectivity index (χ2v) is 11.1. The van der Waals surface area contributed by atoms with Crippen LogP contribution < -0.4 is 0 Å². The highest BCUT2D eigenvalue weighted by Crippen LogP contribution is 2.43. The molecule has 1 aromatic heterocycles. The number of hydrogen-bond acceptors (Lipinski definition) is 10. The summed E-state index contributed by atoms with van der Waals surface area (Å²) in [6, 6.07) is -0.883. The lowest BCUT2D eigenvalue weighted by molar-refractivity contribution is -0.153. The summed E-state index contributed by atoms with van der Waals surface area (Å²) >= 11 is 1.59. The molecule has 4 rings (SSSR count). The molecule has 2 saturated heterocycles. The molecule has 6 atom stereocenters. The first kappa shape index (κ1) is 26.7. The Balaban J connectivity index is 1.41. The Kier molecular flexibility index (Phi) is 9.10. The van der Waals surface area contributed by atoms with Gasteiger partial charge in [-0.15, -0.1) is 5.10 Å². The molecule has 0 radical (unpaired) electrons. The number of aromatic amines is 1. The molecule has 1 amide bonds. The van der Waals surface area contributed by atoms with E-state index < -0.39 is 12.1 Å². The van der Waals surface area contributed by atoms with Crippen LogP contribution in [0.25, 0.3) is 0 Å². The normalized spacial score (nSPS) is 30.5. The Labute approximate surface area is 216 Å². The predicted octanol–water partition coefficient (Wildman–Crippen LogP) is 2.34. The summed E-state index contributed by atoms with van der Waals surface area (Å²) in [5, 5.41) is 7.79. The molecule has 1 aliphatic carbocycles. The summed E-state index contributed by atoms with van der Waals surface area (Å²) in [7, 11) is 1.34. The second-order valence-electron chi connectivity index (χ2n) is 9.80. The van der Waals surface area contributed by atoms with E-state index in [1.807, 2.05) is 6.92 Å². The van der Waals surface area contributed by atoms with Crippen LogP contribution in [0.2, 0.25) is 0 Å². The molecule has 0 spiro atoms. The number of H-pyrrole nitrogens is 1. The van der Waals surface area contributed by atoms with Gasteiger partial charge in [-0.2, -0.15) is 0 Å². The molecule has 1 aromatic rings. The van der Waals surface area contributed by atoms with Crippen LogP contribution in [-0.4, -0.2) is 100 Å². The molecule has 2 aliphatic heterocycles. The topological polar surface area (TPSA) is 127 Å². The van der Waals surface area contributed by atoms with E-state index in [4.69, 9.17) is 14.2 Å². The van der Waals surface area contributed by atoms with Gasteiger partial charge >= 0.3 is 18.0 Å². The number of carbonyl (C=O) groups excluding carboxylic acids is 3. The number of ether oxygens (including phenoxy) is 3. The molecular weight excluding hydrogens is 486 g/mol. The van der Waals surface area contributed by atoms with Gasteiger partial charge in [0.15, 0.2) is 0 Å². The van der Waals surface area contributed by atoms with Crippen LogP contribution in [0.5, 0.6) is 0 Å². The predicted molar refractivity (Wildman–Crippen MR) is 131 cm³/mol. The van der Waals surface area contributed by atoms with Crippen molar-refractivity contribution >= 4 is 29.8 Å². The number of nitrogens with zero attached hydrogens (tertiary/aromatic N) is 4. The van der Waals surface area contributed by atoms with Crippen LogP contribution in [0.15, 0.2) is 11.5 Å². The maximum absolute atomic E-state index is 12.8. The van der Waals surface area contributed by atoms with Crippen molar-refractivity contribution in [3.63, 3.8) is 0 Å². The van der Waals surface area contributed by atoms with E-state index in [9.17, 15) is 14.4 Å². The van der Waals surface area contributed by atoms with Crippen LogP contribution >= 0.6 is 11.8 Å². The number of carbonyl (C=O) groups is 3. The van der Waals surface area contributed by atoms with E-state index in [0.29, 0.717) is 48.9 Å². The number of hydrogen-bond donors (Lipinski definition) is 1. The number of nitrogens with one attached hydrogen (secondary N) is 1. The number of amides is 1. The first-order chi connectivity index (χ1) is 17.4. The highest BCUT2D eigenvalue weighted by Gasteiger charge is 2.46. The highest BCUT2D eigenvalue weighted by molar-refractivity contribution is 7.99. The second kappa shape index (κ2) is 12.3. The number of likely N-dealkylation sites (tertiary alicyclic amines) is 2. The highest BCUT2D eigenvalue weighted by atomic mass is 32.2. The zero-order valence-corrected chi connectivity index (χ0v) is 22.1. The first-order valence-corrected chi connectivity index (χ1v) is 13.8. The molecule has 1 saturated carbocycles. The van der Waals surface area contributed by atoms with E-state index >= 15 is 0 Å². The average molecular weight is 524 g/mol. The van der Waals surface area contributed by atoms with Gasteiger partial charge in [-0.25, -0.2) is 14.6 Å². The van der Waals surface area contributed by atoms with Gasteiger partial charge in [0.2, 0.25) is 5.16 Å². The molecule has 3 aliphatic rings. The Hall–Kier alpha value is -2.34. The van der Waals surface area contributed by atoms with Gasteiger partial charge in [0.25, 0.3) is 0 Å². The maximum atomic E-state index is 12.8. The van der Waals surface area contributed by atoms with Gasteiger partial charge in [0, 0.05) is 24.9 Å². The number of thioether (sulfide) groups is 1. The molecule has 3 heterocycles. The van der Waals surface area contributed by atoms with E-state index in [-0.39, 0.29) is 29.8 Å². The monoisotopic (exact) mass is 523 g/mol. The van der Waals surface area contributed by atoms with Crippen molar-refractivity contribution in [2.24, 2.45) is 17.8 Å². The first-order valence-electron chi connectivity index (χ1n) is 12.9. The fourth-order valence-electron chi connectivity index (χ4n) is 6.06. The third-order valence-corrected chi connectivity index (χ3v) is 8.71. The van der Waals surface area contributed by atoms with Crippen molar-refractivity contribution in [2.45, 2.75) is 68.4 Å². The summed E-state index contributed by atoms with van der Waals surface area (Å²) in [5.41, 5.74) is 0. The van der Waals surface area contributed by atoms with Crippen molar-refractivity contribution in [3.05, 3.63) is 6.33 Å². The largest absolute Gasteiger partial charge is 0.465 e. The minimum absolute atomic E-state index is 0.168.